The van der Waals surface area contributed by atoms with E-state index in [1.54, 1.807) is 0 Å². The average molecular weight is 271 g/mol. The minimum atomic E-state index is -0.622. The quantitative estimate of drug-likeness (QED) is 0.490. The Kier molecular flexibility index (Phi) is 6.80. The maximum Gasteiger partial charge on any atom is 0.326 e. The van der Waals surface area contributed by atoms with E-state index < -0.39 is 5.54 Å². The minimum Gasteiger partial charge on any atom is -0.465 e. The molecule has 112 valence electrons. The van der Waals surface area contributed by atoms with Crippen molar-refractivity contribution in [3.05, 3.63) is 0 Å². The second-order valence-corrected chi connectivity index (χ2v) is 5.71. The zero-order chi connectivity index (χ0) is 14.3. The van der Waals surface area contributed by atoms with Gasteiger partial charge in [0.1, 0.15) is 5.54 Å². The van der Waals surface area contributed by atoms with Gasteiger partial charge in [-0.25, -0.2) is 0 Å². The van der Waals surface area contributed by atoms with E-state index in [1.807, 2.05) is 20.8 Å². The van der Waals surface area contributed by atoms with Crippen molar-refractivity contribution in [2.45, 2.75) is 77.5 Å². The van der Waals surface area contributed by atoms with Crippen LogP contribution in [0.2, 0.25) is 0 Å². The molecule has 0 heterocycles. The van der Waals surface area contributed by atoms with Crippen LogP contribution in [0.15, 0.2) is 0 Å². The molecule has 4 nitrogen and oxygen atoms in total. The standard InChI is InChI=1S/C15H29NO3/c1-5-7-10-19-12(3)11-15(4,14(17)18-6-2)16-13-8-9-13/h12-13,16H,5-11H2,1-4H3. The van der Waals surface area contributed by atoms with E-state index in [-0.39, 0.29) is 12.1 Å². The molecule has 0 aromatic carbocycles. The normalized spacial score (nSPS) is 19.8. The summed E-state index contributed by atoms with van der Waals surface area (Å²) in [6.07, 6.45) is 5.22. The highest BCUT2D eigenvalue weighted by Gasteiger charge is 2.40. The summed E-state index contributed by atoms with van der Waals surface area (Å²) in [5, 5.41) is 3.42. The monoisotopic (exact) mass is 271 g/mol. The highest BCUT2D eigenvalue weighted by Crippen LogP contribution is 2.26. The molecular weight excluding hydrogens is 242 g/mol. The third-order valence-corrected chi connectivity index (χ3v) is 3.42. The van der Waals surface area contributed by atoms with Gasteiger partial charge in [-0.15, -0.1) is 0 Å². The molecule has 1 aliphatic carbocycles. The Morgan fingerprint density at radius 1 is 1.42 bits per heavy atom. The molecule has 1 N–H and O–H groups in total. The van der Waals surface area contributed by atoms with Crippen molar-refractivity contribution in [2.75, 3.05) is 13.2 Å². The average Bonchev–Trinajstić information content (AvgIpc) is 3.13. The first kappa shape index (κ1) is 16.4. The molecule has 0 spiro atoms. The Bertz CT molecular complexity index is 279. The van der Waals surface area contributed by atoms with Gasteiger partial charge in [-0.05, 0) is 40.0 Å². The topological polar surface area (TPSA) is 47.6 Å². The summed E-state index contributed by atoms with van der Waals surface area (Å²) in [5.41, 5.74) is -0.622. The Morgan fingerprint density at radius 2 is 2.11 bits per heavy atom. The Hall–Kier alpha value is -0.610. The number of rotatable bonds is 10. The van der Waals surface area contributed by atoms with Crippen molar-refractivity contribution in [3.63, 3.8) is 0 Å². The molecule has 1 fully saturated rings. The summed E-state index contributed by atoms with van der Waals surface area (Å²) in [7, 11) is 0. The fourth-order valence-corrected chi connectivity index (χ4v) is 2.23. The van der Waals surface area contributed by atoms with Crippen LogP contribution in [0, 0.1) is 0 Å². The molecule has 0 radical (unpaired) electrons. The summed E-state index contributed by atoms with van der Waals surface area (Å²) in [4.78, 5) is 12.2. The van der Waals surface area contributed by atoms with Gasteiger partial charge in [0.05, 0.1) is 12.7 Å². The zero-order valence-corrected chi connectivity index (χ0v) is 12.8. The fraction of sp³-hybridized carbons (Fsp3) is 0.933. The summed E-state index contributed by atoms with van der Waals surface area (Å²) in [5.74, 6) is -0.159. The number of unbranched alkanes of at least 4 members (excludes halogenated alkanes) is 1. The van der Waals surface area contributed by atoms with Crippen LogP contribution < -0.4 is 5.32 Å². The lowest BCUT2D eigenvalue weighted by Crippen LogP contribution is -2.53. The predicted molar refractivity (Wildman–Crippen MR) is 76.1 cm³/mol. The van der Waals surface area contributed by atoms with Crippen LogP contribution in [-0.2, 0) is 14.3 Å². The predicted octanol–water partition coefficient (Wildman–Crippen LogP) is 2.66. The maximum absolute atomic E-state index is 12.2. The Morgan fingerprint density at radius 3 is 2.63 bits per heavy atom. The molecule has 1 saturated carbocycles. The molecule has 2 atom stereocenters. The largest absolute Gasteiger partial charge is 0.465 e. The first-order valence-corrected chi connectivity index (χ1v) is 7.58. The van der Waals surface area contributed by atoms with Gasteiger partial charge in [0.25, 0.3) is 0 Å². The van der Waals surface area contributed by atoms with E-state index in [0.717, 1.165) is 32.3 Å². The Balaban J connectivity index is 2.49. The van der Waals surface area contributed by atoms with Crippen LogP contribution in [-0.4, -0.2) is 36.9 Å². The molecule has 1 aliphatic rings. The first-order valence-electron chi connectivity index (χ1n) is 7.58. The van der Waals surface area contributed by atoms with Crippen LogP contribution in [0.5, 0.6) is 0 Å². The van der Waals surface area contributed by atoms with Crippen LogP contribution in [0.1, 0.15) is 59.8 Å². The lowest BCUT2D eigenvalue weighted by atomic mass is 9.94. The number of hydrogen-bond donors (Lipinski definition) is 1. The van der Waals surface area contributed by atoms with Gasteiger partial charge in [-0.3, -0.25) is 10.1 Å². The highest BCUT2D eigenvalue weighted by molar-refractivity contribution is 5.80. The third kappa shape index (κ3) is 5.91. The summed E-state index contributed by atoms with van der Waals surface area (Å²) >= 11 is 0. The molecule has 19 heavy (non-hydrogen) atoms. The van der Waals surface area contributed by atoms with Crippen molar-refractivity contribution in [1.29, 1.82) is 0 Å². The van der Waals surface area contributed by atoms with Gasteiger partial charge < -0.3 is 9.47 Å². The first-order chi connectivity index (χ1) is 9.01. The van der Waals surface area contributed by atoms with Crippen LogP contribution >= 0.6 is 0 Å². The molecular formula is C15H29NO3. The molecule has 0 saturated heterocycles. The zero-order valence-electron chi connectivity index (χ0n) is 12.8. The van der Waals surface area contributed by atoms with Gasteiger partial charge in [0, 0.05) is 19.1 Å². The number of carbonyl (C=O) groups excluding carboxylic acids is 1. The van der Waals surface area contributed by atoms with Gasteiger partial charge >= 0.3 is 5.97 Å². The Labute approximate surface area is 117 Å². The van der Waals surface area contributed by atoms with E-state index in [0.29, 0.717) is 19.1 Å². The van der Waals surface area contributed by atoms with Gasteiger partial charge in [0.15, 0.2) is 0 Å². The summed E-state index contributed by atoms with van der Waals surface area (Å²) in [6, 6.07) is 0.470. The van der Waals surface area contributed by atoms with Gasteiger partial charge in [-0.2, -0.15) is 0 Å². The lowest BCUT2D eigenvalue weighted by Gasteiger charge is -2.31. The van der Waals surface area contributed by atoms with E-state index in [1.165, 1.54) is 0 Å². The van der Waals surface area contributed by atoms with Crippen LogP contribution in [0.25, 0.3) is 0 Å². The maximum atomic E-state index is 12.2. The van der Waals surface area contributed by atoms with Crippen molar-refractivity contribution in [1.82, 2.24) is 5.32 Å². The number of esters is 1. The SMILES string of the molecule is CCCCOC(C)CC(C)(NC1CC1)C(=O)OCC. The second-order valence-electron chi connectivity index (χ2n) is 5.71. The summed E-state index contributed by atoms with van der Waals surface area (Å²) < 4.78 is 11.0. The molecule has 0 amide bonds. The van der Waals surface area contributed by atoms with Crippen LogP contribution in [0.3, 0.4) is 0 Å². The fourth-order valence-electron chi connectivity index (χ4n) is 2.23. The number of nitrogens with one attached hydrogen (secondary N) is 1. The molecule has 0 aromatic rings. The summed E-state index contributed by atoms with van der Waals surface area (Å²) in [6.45, 7) is 9.14. The molecule has 0 bridgehead atoms. The van der Waals surface area contributed by atoms with Crippen molar-refractivity contribution < 1.29 is 14.3 Å². The minimum absolute atomic E-state index is 0.0622. The van der Waals surface area contributed by atoms with Crippen molar-refractivity contribution in [2.24, 2.45) is 0 Å². The van der Waals surface area contributed by atoms with Crippen molar-refractivity contribution in [3.8, 4) is 0 Å². The second kappa shape index (κ2) is 7.85. The number of carbonyl (C=O) groups is 1. The highest BCUT2D eigenvalue weighted by atomic mass is 16.5. The van der Waals surface area contributed by atoms with Gasteiger partial charge in [-0.1, -0.05) is 13.3 Å². The molecule has 0 aliphatic heterocycles. The molecule has 0 aromatic heterocycles. The van der Waals surface area contributed by atoms with E-state index in [9.17, 15) is 4.79 Å². The molecule has 4 heteroatoms. The van der Waals surface area contributed by atoms with E-state index in [4.69, 9.17) is 9.47 Å². The smallest absolute Gasteiger partial charge is 0.326 e. The molecule has 2 unspecified atom stereocenters. The lowest BCUT2D eigenvalue weighted by molar-refractivity contribution is -0.152. The van der Waals surface area contributed by atoms with Crippen molar-refractivity contribution >= 4 is 5.97 Å². The number of ether oxygens (including phenoxy) is 2. The third-order valence-electron chi connectivity index (χ3n) is 3.42. The molecule has 1 rings (SSSR count). The van der Waals surface area contributed by atoms with Crippen LogP contribution in [0.4, 0.5) is 0 Å². The number of hydrogen-bond acceptors (Lipinski definition) is 4. The van der Waals surface area contributed by atoms with Gasteiger partial charge in [0.2, 0.25) is 0 Å². The van der Waals surface area contributed by atoms with E-state index >= 15 is 0 Å². The van der Waals surface area contributed by atoms with E-state index in [2.05, 4.69) is 12.2 Å².